The minimum atomic E-state index is -0.486. The van der Waals surface area contributed by atoms with Gasteiger partial charge in [-0.3, -0.25) is 9.59 Å². The number of amides is 1. The number of hydrogen-bond acceptors (Lipinski definition) is 3. The summed E-state index contributed by atoms with van der Waals surface area (Å²) in [6, 6.07) is 9.65. The summed E-state index contributed by atoms with van der Waals surface area (Å²) in [4.78, 5) is 26.1. The Labute approximate surface area is 171 Å². The van der Waals surface area contributed by atoms with Crippen LogP contribution in [-0.2, 0) is 16.0 Å². The van der Waals surface area contributed by atoms with Gasteiger partial charge in [-0.2, -0.15) is 0 Å². The zero-order chi connectivity index (χ0) is 21.4. The summed E-state index contributed by atoms with van der Waals surface area (Å²) in [5, 5.41) is 3.10. The summed E-state index contributed by atoms with van der Waals surface area (Å²) in [5.41, 5.74) is 6.30. The Balaban J connectivity index is 2.97. The van der Waals surface area contributed by atoms with Crippen molar-refractivity contribution in [3.63, 3.8) is 0 Å². The highest BCUT2D eigenvalue weighted by atomic mass is 16.2. The highest BCUT2D eigenvalue weighted by molar-refractivity contribution is 5.92. The maximum Gasteiger partial charge on any atom is 0.224 e. The Kier molecular flexibility index (Phi) is 9.35. The number of carbonyl (C=O) groups is 2. The van der Waals surface area contributed by atoms with E-state index in [9.17, 15) is 9.59 Å². The van der Waals surface area contributed by atoms with Crippen molar-refractivity contribution in [2.24, 2.45) is 22.5 Å². The van der Waals surface area contributed by atoms with Crippen LogP contribution in [0.5, 0.6) is 0 Å². The van der Waals surface area contributed by atoms with Crippen LogP contribution >= 0.6 is 0 Å². The molecule has 0 aliphatic heterocycles. The molecular weight excluding hydrogens is 348 g/mol. The lowest BCUT2D eigenvalue weighted by Gasteiger charge is -2.30. The number of nitrogens with two attached hydrogens (primary N) is 1. The second-order valence-corrected chi connectivity index (χ2v) is 10.1. The van der Waals surface area contributed by atoms with Crippen molar-refractivity contribution in [2.45, 2.75) is 79.7 Å². The highest BCUT2D eigenvalue weighted by Crippen LogP contribution is 2.28. The molecule has 0 fully saturated rings. The SMILES string of the molecule is CC(C)(C)CC(Cc1ccccc1)C(=O)NC(CCCCN)C(=O)C(C)(C)C. The number of nitrogens with one attached hydrogen (secondary N) is 1. The molecule has 0 bridgehead atoms. The lowest BCUT2D eigenvalue weighted by molar-refractivity contribution is -0.134. The second-order valence-electron chi connectivity index (χ2n) is 10.1. The van der Waals surface area contributed by atoms with Gasteiger partial charge in [-0.1, -0.05) is 71.9 Å². The van der Waals surface area contributed by atoms with Crippen LogP contribution < -0.4 is 11.1 Å². The third-order valence-corrected chi connectivity index (χ3v) is 4.87. The molecule has 2 atom stereocenters. The van der Waals surface area contributed by atoms with Crippen LogP contribution in [0.1, 0.15) is 72.8 Å². The summed E-state index contributed by atoms with van der Waals surface area (Å²) in [6.07, 6.45) is 3.80. The molecule has 0 aromatic heterocycles. The molecule has 4 heteroatoms. The van der Waals surface area contributed by atoms with E-state index in [1.54, 1.807) is 0 Å². The first-order chi connectivity index (χ1) is 12.9. The maximum absolute atomic E-state index is 13.2. The zero-order valence-corrected chi connectivity index (χ0v) is 18.7. The van der Waals surface area contributed by atoms with Crippen molar-refractivity contribution in [1.82, 2.24) is 5.32 Å². The summed E-state index contributed by atoms with van der Waals surface area (Å²) in [6.45, 7) is 12.8. The van der Waals surface area contributed by atoms with Gasteiger partial charge in [0, 0.05) is 11.3 Å². The lowest BCUT2D eigenvalue weighted by Crippen LogP contribution is -2.48. The third kappa shape index (κ3) is 9.01. The molecule has 0 aliphatic rings. The van der Waals surface area contributed by atoms with Crippen LogP contribution in [0.2, 0.25) is 0 Å². The van der Waals surface area contributed by atoms with E-state index in [0.717, 1.165) is 24.8 Å². The first kappa shape index (κ1) is 24.4. The summed E-state index contributed by atoms with van der Waals surface area (Å²) in [7, 11) is 0. The van der Waals surface area contributed by atoms with Gasteiger partial charge in [0.25, 0.3) is 0 Å². The van der Waals surface area contributed by atoms with Gasteiger partial charge in [-0.25, -0.2) is 0 Å². The second kappa shape index (κ2) is 10.8. The van der Waals surface area contributed by atoms with Gasteiger partial charge in [0.15, 0.2) is 5.78 Å². The fraction of sp³-hybridized carbons (Fsp3) is 0.667. The monoisotopic (exact) mass is 388 g/mol. The van der Waals surface area contributed by atoms with E-state index < -0.39 is 11.5 Å². The average molecular weight is 389 g/mol. The van der Waals surface area contributed by atoms with Crippen LogP contribution in [-0.4, -0.2) is 24.3 Å². The first-order valence-corrected chi connectivity index (χ1v) is 10.5. The minimum Gasteiger partial charge on any atom is -0.346 e. The van der Waals surface area contributed by atoms with Gasteiger partial charge in [-0.05, 0) is 49.6 Å². The predicted octanol–water partition coefficient (Wildman–Crippen LogP) is 4.51. The van der Waals surface area contributed by atoms with Gasteiger partial charge >= 0.3 is 0 Å². The molecule has 158 valence electrons. The molecule has 0 radical (unpaired) electrons. The number of carbonyl (C=O) groups excluding carboxylic acids is 2. The summed E-state index contributed by atoms with van der Waals surface area (Å²) >= 11 is 0. The Morgan fingerprint density at radius 3 is 2.11 bits per heavy atom. The van der Waals surface area contributed by atoms with Gasteiger partial charge in [0.2, 0.25) is 5.91 Å². The van der Waals surface area contributed by atoms with Crippen molar-refractivity contribution in [1.29, 1.82) is 0 Å². The van der Waals surface area contributed by atoms with Gasteiger partial charge in [-0.15, -0.1) is 0 Å². The molecule has 1 rings (SSSR count). The van der Waals surface area contributed by atoms with E-state index in [2.05, 4.69) is 38.2 Å². The van der Waals surface area contributed by atoms with E-state index in [1.807, 2.05) is 39.0 Å². The zero-order valence-electron chi connectivity index (χ0n) is 18.7. The van der Waals surface area contributed by atoms with E-state index in [1.165, 1.54) is 0 Å². The molecule has 4 nitrogen and oxygen atoms in total. The smallest absolute Gasteiger partial charge is 0.224 e. The summed E-state index contributed by atoms with van der Waals surface area (Å²) in [5.74, 6) is -0.0894. The predicted molar refractivity (Wildman–Crippen MR) is 117 cm³/mol. The molecule has 1 aromatic rings. The van der Waals surface area contributed by atoms with Crippen molar-refractivity contribution in [3.05, 3.63) is 35.9 Å². The highest BCUT2D eigenvalue weighted by Gasteiger charge is 2.33. The minimum absolute atomic E-state index is 0.0193. The number of unbranched alkanes of at least 4 members (excludes halogenated alkanes) is 1. The molecule has 28 heavy (non-hydrogen) atoms. The van der Waals surface area contributed by atoms with E-state index >= 15 is 0 Å². The van der Waals surface area contributed by atoms with Gasteiger partial charge in [0.1, 0.15) is 0 Å². The molecule has 2 unspecified atom stereocenters. The van der Waals surface area contributed by atoms with Crippen LogP contribution in [0, 0.1) is 16.7 Å². The number of Topliss-reactive ketones (excluding diaryl/α,β-unsaturated/α-hetero) is 1. The maximum atomic E-state index is 13.2. The van der Waals surface area contributed by atoms with Crippen LogP contribution in [0.4, 0.5) is 0 Å². The lowest BCUT2D eigenvalue weighted by atomic mass is 9.80. The standard InChI is InChI=1S/C24H40N2O2/c1-23(2,3)17-19(16-18-12-8-7-9-13-18)22(28)26-20(14-10-11-15-25)21(27)24(4,5)6/h7-9,12-13,19-20H,10-11,14-17,25H2,1-6H3,(H,26,28). The Morgan fingerprint density at radius 2 is 1.61 bits per heavy atom. The van der Waals surface area contributed by atoms with E-state index in [4.69, 9.17) is 5.73 Å². The van der Waals surface area contributed by atoms with Crippen LogP contribution in [0.3, 0.4) is 0 Å². The van der Waals surface area contributed by atoms with Gasteiger partial charge in [0.05, 0.1) is 6.04 Å². The van der Waals surface area contributed by atoms with Gasteiger partial charge < -0.3 is 11.1 Å². The quantitative estimate of drug-likeness (QED) is 0.579. The van der Waals surface area contributed by atoms with E-state index in [-0.39, 0.29) is 23.0 Å². The number of benzene rings is 1. The largest absolute Gasteiger partial charge is 0.346 e. The molecule has 0 aliphatic carbocycles. The Bertz CT molecular complexity index is 612. The molecule has 3 N–H and O–H groups in total. The average Bonchev–Trinajstić information content (AvgIpc) is 2.58. The van der Waals surface area contributed by atoms with Crippen LogP contribution in [0.15, 0.2) is 30.3 Å². The third-order valence-electron chi connectivity index (χ3n) is 4.87. The molecule has 0 saturated carbocycles. The van der Waals surface area contributed by atoms with Crippen molar-refractivity contribution < 1.29 is 9.59 Å². The number of hydrogen-bond donors (Lipinski definition) is 2. The molecule has 0 saturated heterocycles. The van der Waals surface area contributed by atoms with Crippen molar-refractivity contribution in [3.8, 4) is 0 Å². The van der Waals surface area contributed by atoms with Crippen molar-refractivity contribution in [2.75, 3.05) is 6.54 Å². The van der Waals surface area contributed by atoms with Crippen molar-refractivity contribution >= 4 is 11.7 Å². The number of rotatable bonds is 10. The molecule has 1 aromatic carbocycles. The molecular formula is C24H40N2O2. The van der Waals surface area contributed by atoms with Crippen LogP contribution in [0.25, 0.3) is 0 Å². The topological polar surface area (TPSA) is 72.2 Å². The fourth-order valence-electron chi connectivity index (χ4n) is 3.47. The Hall–Kier alpha value is -1.68. The summed E-state index contributed by atoms with van der Waals surface area (Å²) < 4.78 is 0. The normalized spacial score (nSPS) is 14.4. The Morgan fingerprint density at radius 1 is 1.00 bits per heavy atom. The molecule has 1 amide bonds. The molecule has 0 spiro atoms. The first-order valence-electron chi connectivity index (χ1n) is 10.5. The number of ketones is 1. The van der Waals surface area contributed by atoms with E-state index in [0.29, 0.717) is 19.4 Å². The molecule has 0 heterocycles. The fourth-order valence-corrected chi connectivity index (χ4v) is 3.47.